The molecule has 0 aliphatic carbocycles. The third-order valence-electron chi connectivity index (χ3n) is 4.95. The number of aliphatic hydroxyl groups is 2. The number of carbonyl (C=O) groups excluding carboxylic acids is 1. The van der Waals surface area contributed by atoms with Crippen LogP contribution in [0.5, 0.6) is 0 Å². The summed E-state index contributed by atoms with van der Waals surface area (Å²) in [6.07, 6.45) is 0.329. The van der Waals surface area contributed by atoms with Gasteiger partial charge < -0.3 is 14.9 Å². The fourth-order valence-electron chi connectivity index (χ4n) is 2.56. The number of aryl methyl sites for hydroxylation is 1. The number of ether oxygens (including phenoxy) is 1. The van der Waals surface area contributed by atoms with E-state index in [9.17, 15) is 29.2 Å². The predicted molar refractivity (Wildman–Crippen MR) is 134 cm³/mol. The Hall–Kier alpha value is -2.09. The molecule has 2 aromatic rings. The van der Waals surface area contributed by atoms with Crippen LogP contribution in [-0.4, -0.2) is 56.7 Å². The van der Waals surface area contributed by atoms with Gasteiger partial charge in [0.05, 0.1) is 25.2 Å². The Balaban J connectivity index is 2.02. The van der Waals surface area contributed by atoms with E-state index < -0.39 is 37.1 Å². The molecule has 1 heterocycles. The first-order valence-corrected chi connectivity index (χ1v) is 13.5. The molecular weight excluding hydrogens is 513 g/mol. The maximum Gasteiger partial charge on any atom is 0.406 e. The van der Waals surface area contributed by atoms with Gasteiger partial charge in [0.15, 0.2) is 5.12 Å². The average Bonchev–Trinajstić information content (AvgIpc) is 2.86. The van der Waals surface area contributed by atoms with Crippen LogP contribution in [-0.2, 0) is 36.4 Å². The zero-order valence-electron chi connectivity index (χ0n) is 20.3. The Morgan fingerprint density at radius 3 is 2.56 bits per heavy atom. The van der Waals surface area contributed by atoms with Gasteiger partial charge in [-0.15, -0.1) is 0 Å². The molecule has 36 heavy (non-hydrogen) atoms. The minimum atomic E-state index is -3.98. The summed E-state index contributed by atoms with van der Waals surface area (Å²) in [6, 6.07) is 9.07. The summed E-state index contributed by atoms with van der Waals surface area (Å²) in [5.41, 5.74) is -1.09. The number of rotatable bonds is 15. The molecule has 1 aromatic carbocycles. The van der Waals surface area contributed by atoms with Gasteiger partial charge in [-0.05, 0) is 26.3 Å². The maximum atomic E-state index is 13.4. The Morgan fingerprint density at radius 2 is 1.92 bits per heavy atom. The summed E-state index contributed by atoms with van der Waals surface area (Å²) >= 11 is 0.747. The second-order valence-corrected chi connectivity index (χ2v) is 11.2. The van der Waals surface area contributed by atoms with Crippen molar-refractivity contribution >= 4 is 24.6 Å². The van der Waals surface area contributed by atoms with Crippen molar-refractivity contribution < 1.29 is 33.4 Å². The van der Waals surface area contributed by atoms with Crippen molar-refractivity contribution in [2.24, 2.45) is 5.41 Å². The number of benzene rings is 1. The van der Waals surface area contributed by atoms with E-state index in [1.165, 1.54) is 13.1 Å². The number of aliphatic hydroxyl groups excluding tert-OH is 2. The highest BCUT2D eigenvalue weighted by atomic mass is 32.2. The Labute approximate surface area is 212 Å². The standard InChI is InChI=1S/C22H32N3O9PS/c1-16-10-25(21(30)24-19(16)28)14-32-18(11-26)12-33-35(31,23-9-17-7-5-4-6-8-17)34-15-36-20(29)22(2,3)13-27/h4-8,10,18,26-27H,9,11-15H2,1-3H3,(H,23,31)(H,24,28,30)/t18-,35?/m1/s1. The number of nitrogens with zero attached hydrogens (tertiary/aromatic N) is 1. The molecule has 200 valence electrons. The van der Waals surface area contributed by atoms with Gasteiger partial charge in [-0.1, -0.05) is 42.1 Å². The van der Waals surface area contributed by atoms with Crippen LogP contribution in [0.3, 0.4) is 0 Å². The minimum absolute atomic E-state index is 0.134. The lowest BCUT2D eigenvalue weighted by atomic mass is 9.97. The molecule has 0 aliphatic heterocycles. The van der Waals surface area contributed by atoms with Crippen LogP contribution in [0.2, 0.25) is 0 Å². The number of thioether (sulfide) groups is 1. The number of nitrogens with one attached hydrogen (secondary N) is 2. The molecule has 14 heteroatoms. The Morgan fingerprint density at radius 1 is 1.22 bits per heavy atom. The summed E-state index contributed by atoms with van der Waals surface area (Å²) in [7, 11) is -3.98. The molecule has 1 unspecified atom stereocenters. The van der Waals surface area contributed by atoms with E-state index in [1.807, 2.05) is 30.3 Å². The second-order valence-electron chi connectivity index (χ2n) is 8.48. The number of carbonyl (C=O) groups is 1. The zero-order chi connectivity index (χ0) is 26.8. The molecule has 2 rings (SSSR count). The van der Waals surface area contributed by atoms with Crippen molar-refractivity contribution in [1.29, 1.82) is 0 Å². The van der Waals surface area contributed by atoms with Crippen LogP contribution in [0.4, 0.5) is 0 Å². The highest BCUT2D eigenvalue weighted by molar-refractivity contribution is 8.13. The zero-order valence-corrected chi connectivity index (χ0v) is 22.0. The SMILES string of the molecule is Cc1cn(CO[C@H](CO)COP(=O)(NCc2ccccc2)OCSC(=O)C(C)(C)CO)c(=O)[nH]c1=O. The number of aromatic nitrogens is 2. The van der Waals surface area contributed by atoms with Gasteiger partial charge in [0.25, 0.3) is 5.56 Å². The van der Waals surface area contributed by atoms with Gasteiger partial charge in [-0.2, -0.15) is 0 Å². The minimum Gasteiger partial charge on any atom is -0.395 e. The largest absolute Gasteiger partial charge is 0.406 e. The second kappa shape index (κ2) is 14.0. The van der Waals surface area contributed by atoms with E-state index >= 15 is 0 Å². The van der Waals surface area contributed by atoms with Crippen LogP contribution >= 0.6 is 19.5 Å². The van der Waals surface area contributed by atoms with Gasteiger partial charge in [-0.3, -0.25) is 28.2 Å². The van der Waals surface area contributed by atoms with E-state index in [4.69, 9.17) is 13.8 Å². The van der Waals surface area contributed by atoms with E-state index in [1.54, 1.807) is 13.8 Å². The smallest absolute Gasteiger partial charge is 0.395 e. The van der Waals surface area contributed by atoms with Crippen LogP contribution in [0.15, 0.2) is 46.1 Å². The van der Waals surface area contributed by atoms with Crippen LogP contribution < -0.4 is 16.3 Å². The molecule has 0 saturated carbocycles. The molecule has 0 fully saturated rings. The van der Waals surface area contributed by atoms with Crippen molar-refractivity contribution in [3.63, 3.8) is 0 Å². The highest BCUT2D eigenvalue weighted by Gasteiger charge is 2.30. The molecule has 2 atom stereocenters. The lowest BCUT2D eigenvalue weighted by molar-refractivity contribution is -0.119. The average molecular weight is 546 g/mol. The first kappa shape index (κ1) is 30.1. The van der Waals surface area contributed by atoms with Crippen molar-refractivity contribution in [1.82, 2.24) is 14.6 Å². The lowest BCUT2D eigenvalue weighted by Crippen LogP contribution is -2.34. The van der Waals surface area contributed by atoms with Crippen molar-refractivity contribution in [3.8, 4) is 0 Å². The molecule has 0 amide bonds. The molecule has 0 radical (unpaired) electrons. The number of aromatic amines is 1. The summed E-state index contributed by atoms with van der Waals surface area (Å²) in [5.74, 6) is -0.308. The first-order chi connectivity index (χ1) is 17.0. The van der Waals surface area contributed by atoms with Gasteiger partial charge >= 0.3 is 13.4 Å². The third-order valence-corrected chi connectivity index (χ3v) is 7.68. The Kier molecular flexibility index (Phi) is 11.7. The fraction of sp³-hybridized carbons (Fsp3) is 0.500. The third kappa shape index (κ3) is 9.41. The first-order valence-electron chi connectivity index (χ1n) is 11.0. The molecular formula is C22H32N3O9PS. The fourth-order valence-corrected chi connectivity index (χ4v) is 4.88. The van der Waals surface area contributed by atoms with E-state index in [0.717, 1.165) is 21.9 Å². The van der Waals surface area contributed by atoms with E-state index in [2.05, 4.69) is 10.1 Å². The van der Waals surface area contributed by atoms with Gasteiger partial charge in [0, 0.05) is 18.3 Å². The Bertz CT molecular complexity index is 1150. The van der Waals surface area contributed by atoms with Crippen LogP contribution in [0, 0.1) is 12.3 Å². The van der Waals surface area contributed by atoms with E-state index in [0.29, 0.717) is 5.56 Å². The van der Waals surface area contributed by atoms with Crippen LogP contribution in [0.1, 0.15) is 25.0 Å². The highest BCUT2D eigenvalue weighted by Crippen LogP contribution is 2.45. The van der Waals surface area contributed by atoms with E-state index in [-0.39, 0.29) is 37.5 Å². The predicted octanol–water partition coefficient (Wildman–Crippen LogP) is 1.35. The molecule has 1 aromatic heterocycles. The summed E-state index contributed by atoms with van der Waals surface area (Å²) in [4.78, 5) is 37.8. The summed E-state index contributed by atoms with van der Waals surface area (Å²) in [5, 5.41) is 21.4. The molecule has 0 aliphatic rings. The van der Waals surface area contributed by atoms with Gasteiger partial charge in [-0.25, -0.2) is 14.4 Å². The summed E-state index contributed by atoms with van der Waals surface area (Å²) < 4.78 is 30.8. The van der Waals surface area contributed by atoms with Gasteiger partial charge in [0.1, 0.15) is 18.8 Å². The van der Waals surface area contributed by atoms with Crippen LogP contribution in [0.25, 0.3) is 0 Å². The molecule has 12 nitrogen and oxygen atoms in total. The monoisotopic (exact) mass is 545 g/mol. The number of hydrogen-bond acceptors (Lipinski definition) is 10. The van der Waals surface area contributed by atoms with Crippen molar-refractivity contribution in [2.75, 3.05) is 25.8 Å². The molecule has 0 spiro atoms. The summed E-state index contributed by atoms with van der Waals surface area (Å²) in [6.45, 7) is 3.27. The van der Waals surface area contributed by atoms with Crippen molar-refractivity contribution in [2.45, 2.75) is 40.2 Å². The van der Waals surface area contributed by atoms with Gasteiger partial charge in [0.2, 0.25) is 0 Å². The van der Waals surface area contributed by atoms with Crippen molar-refractivity contribution in [3.05, 3.63) is 68.5 Å². The number of hydrogen-bond donors (Lipinski definition) is 4. The molecule has 0 saturated heterocycles. The molecule has 0 bridgehead atoms. The maximum absolute atomic E-state index is 13.4. The topological polar surface area (TPSA) is 169 Å². The molecule has 4 N–H and O–H groups in total. The normalized spacial score (nSPS) is 14.4. The lowest BCUT2D eigenvalue weighted by Gasteiger charge is -2.23. The quantitative estimate of drug-likeness (QED) is 0.188. The number of H-pyrrole nitrogens is 1.